The maximum Gasteiger partial charge on any atom is 0.193 e. The first-order chi connectivity index (χ1) is 11.6. The van der Waals surface area contributed by atoms with E-state index in [-0.39, 0.29) is 17.3 Å². The van der Waals surface area contributed by atoms with Crippen LogP contribution in [-0.4, -0.2) is 18.0 Å². The lowest BCUT2D eigenvalue weighted by molar-refractivity contribution is 0.103. The first-order valence-corrected chi connectivity index (χ1v) is 7.36. The summed E-state index contributed by atoms with van der Waals surface area (Å²) in [6.45, 7) is 0. The van der Waals surface area contributed by atoms with Crippen LogP contribution in [0, 0.1) is 5.82 Å². The molecule has 0 aliphatic heterocycles. The second kappa shape index (κ2) is 6.54. The van der Waals surface area contributed by atoms with Gasteiger partial charge in [0.15, 0.2) is 5.78 Å². The third-order valence-corrected chi connectivity index (χ3v) is 3.76. The number of benzene rings is 3. The number of halogens is 1. The molecule has 0 heterocycles. The van der Waals surface area contributed by atoms with Gasteiger partial charge in [-0.2, -0.15) is 0 Å². The highest BCUT2D eigenvalue weighted by atomic mass is 19.1. The van der Waals surface area contributed by atoms with Crippen LogP contribution in [0.2, 0.25) is 0 Å². The minimum atomic E-state index is -0.359. The fourth-order valence-electron chi connectivity index (χ4n) is 2.50. The average Bonchev–Trinajstić information content (AvgIpc) is 2.62. The predicted molar refractivity (Wildman–Crippen MR) is 89.9 cm³/mol. The molecule has 3 aromatic carbocycles. The Labute approximate surface area is 139 Å². The highest BCUT2D eigenvalue weighted by Crippen LogP contribution is 2.30. The molecule has 0 fully saturated rings. The number of carbonyl (C=O) groups is 1. The summed E-state index contributed by atoms with van der Waals surface area (Å²) in [7, 11) is 1.56. The molecule has 3 aromatic rings. The largest absolute Gasteiger partial charge is 0.508 e. The zero-order valence-electron chi connectivity index (χ0n) is 13.0. The molecule has 1 N–H and O–H groups in total. The summed E-state index contributed by atoms with van der Waals surface area (Å²) in [5.41, 5.74) is 2.15. The molecule has 120 valence electrons. The molecule has 0 bridgehead atoms. The van der Waals surface area contributed by atoms with Gasteiger partial charge in [0.05, 0.1) is 7.11 Å². The number of methoxy groups -OCH3 is 1. The van der Waals surface area contributed by atoms with Crippen LogP contribution in [0.5, 0.6) is 11.5 Å². The highest BCUT2D eigenvalue weighted by Gasteiger charge is 2.16. The Hall–Kier alpha value is -3.14. The normalized spacial score (nSPS) is 10.4. The molecule has 0 aromatic heterocycles. The van der Waals surface area contributed by atoms with Gasteiger partial charge in [0.2, 0.25) is 0 Å². The van der Waals surface area contributed by atoms with Gasteiger partial charge in [-0.25, -0.2) is 4.39 Å². The molecule has 0 saturated heterocycles. The molecule has 0 atom stereocenters. The van der Waals surface area contributed by atoms with Crippen molar-refractivity contribution in [3.05, 3.63) is 83.7 Å². The van der Waals surface area contributed by atoms with E-state index in [0.29, 0.717) is 28.0 Å². The number of ketones is 1. The topological polar surface area (TPSA) is 46.5 Å². The molecule has 0 aliphatic rings. The lowest BCUT2D eigenvalue weighted by Gasteiger charge is -2.10. The maximum absolute atomic E-state index is 13.1. The Morgan fingerprint density at radius 3 is 2.25 bits per heavy atom. The Bertz CT molecular complexity index is 868. The molecule has 0 unspecified atom stereocenters. The van der Waals surface area contributed by atoms with E-state index in [4.69, 9.17) is 4.74 Å². The van der Waals surface area contributed by atoms with Gasteiger partial charge < -0.3 is 9.84 Å². The molecular weight excluding hydrogens is 307 g/mol. The third-order valence-electron chi connectivity index (χ3n) is 3.76. The Morgan fingerprint density at radius 1 is 0.958 bits per heavy atom. The number of hydrogen-bond donors (Lipinski definition) is 1. The summed E-state index contributed by atoms with van der Waals surface area (Å²) in [5, 5.41) is 9.77. The summed E-state index contributed by atoms with van der Waals surface area (Å²) in [6, 6.07) is 17.1. The van der Waals surface area contributed by atoms with E-state index in [2.05, 4.69) is 0 Å². The van der Waals surface area contributed by atoms with E-state index >= 15 is 0 Å². The lowest BCUT2D eigenvalue weighted by atomic mass is 9.93. The molecule has 0 spiro atoms. The van der Waals surface area contributed by atoms with Crippen LogP contribution in [0.1, 0.15) is 15.9 Å². The molecule has 4 heteroatoms. The van der Waals surface area contributed by atoms with Gasteiger partial charge in [-0.15, -0.1) is 0 Å². The minimum Gasteiger partial charge on any atom is -0.508 e. The van der Waals surface area contributed by atoms with Crippen molar-refractivity contribution in [3.8, 4) is 22.6 Å². The maximum atomic E-state index is 13.1. The van der Waals surface area contributed by atoms with Crippen molar-refractivity contribution >= 4 is 5.78 Å². The SMILES string of the molecule is COc1ccc(C(=O)c2ccc(O)cc2-c2ccc(F)cc2)cc1. The third kappa shape index (κ3) is 3.13. The monoisotopic (exact) mass is 322 g/mol. The van der Waals surface area contributed by atoms with Crippen LogP contribution in [0.25, 0.3) is 11.1 Å². The van der Waals surface area contributed by atoms with Gasteiger partial charge >= 0.3 is 0 Å². The van der Waals surface area contributed by atoms with Gasteiger partial charge in [-0.05, 0) is 65.7 Å². The van der Waals surface area contributed by atoms with Crippen molar-refractivity contribution in [3.63, 3.8) is 0 Å². The number of rotatable bonds is 4. The van der Waals surface area contributed by atoms with Gasteiger partial charge in [0.1, 0.15) is 17.3 Å². The van der Waals surface area contributed by atoms with Crippen molar-refractivity contribution in [1.29, 1.82) is 0 Å². The second-order valence-electron chi connectivity index (χ2n) is 5.29. The summed E-state index contributed by atoms with van der Waals surface area (Å²) < 4.78 is 18.2. The van der Waals surface area contributed by atoms with E-state index in [1.54, 1.807) is 49.6 Å². The smallest absolute Gasteiger partial charge is 0.193 e. The molecule has 0 amide bonds. The zero-order valence-corrected chi connectivity index (χ0v) is 13.0. The molecule has 0 saturated carbocycles. The van der Waals surface area contributed by atoms with Gasteiger partial charge in [-0.3, -0.25) is 4.79 Å². The van der Waals surface area contributed by atoms with E-state index in [9.17, 15) is 14.3 Å². The molecular formula is C20H15FO3. The van der Waals surface area contributed by atoms with E-state index < -0.39 is 0 Å². The summed E-state index contributed by atoms with van der Waals surface area (Å²) in [4.78, 5) is 12.8. The fourth-order valence-corrected chi connectivity index (χ4v) is 2.50. The molecule has 24 heavy (non-hydrogen) atoms. The first kappa shape index (κ1) is 15.7. The van der Waals surface area contributed by atoms with Crippen molar-refractivity contribution in [1.82, 2.24) is 0 Å². The van der Waals surface area contributed by atoms with Crippen molar-refractivity contribution < 1.29 is 19.0 Å². The minimum absolute atomic E-state index is 0.0422. The number of ether oxygens (including phenoxy) is 1. The molecule has 0 aliphatic carbocycles. The summed E-state index contributed by atoms with van der Waals surface area (Å²) in [5.74, 6) is 0.163. The van der Waals surface area contributed by atoms with E-state index in [1.165, 1.54) is 24.3 Å². The molecule has 3 nitrogen and oxygen atoms in total. The van der Waals surface area contributed by atoms with Crippen LogP contribution in [0.3, 0.4) is 0 Å². The summed E-state index contributed by atoms with van der Waals surface area (Å²) in [6.07, 6.45) is 0. The van der Waals surface area contributed by atoms with Gasteiger partial charge in [0.25, 0.3) is 0 Å². The van der Waals surface area contributed by atoms with Gasteiger partial charge in [0, 0.05) is 11.1 Å². The van der Waals surface area contributed by atoms with E-state index in [1.807, 2.05) is 0 Å². The van der Waals surface area contributed by atoms with Crippen molar-refractivity contribution in [2.75, 3.05) is 7.11 Å². The van der Waals surface area contributed by atoms with Crippen LogP contribution < -0.4 is 4.74 Å². The number of phenols is 1. The Kier molecular flexibility index (Phi) is 4.29. The number of aromatic hydroxyl groups is 1. The zero-order chi connectivity index (χ0) is 17.1. The van der Waals surface area contributed by atoms with Crippen molar-refractivity contribution in [2.45, 2.75) is 0 Å². The van der Waals surface area contributed by atoms with Crippen LogP contribution in [-0.2, 0) is 0 Å². The van der Waals surface area contributed by atoms with Crippen LogP contribution >= 0.6 is 0 Å². The quantitative estimate of drug-likeness (QED) is 0.722. The molecule has 3 rings (SSSR count). The Balaban J connectivity index is 2.06. The number of hydrogen-bond acceptors (Lipinski definition) is 3. The number of carbonyl (C=O) groups excluding carboxylic acids is 1. The lowest BCUT2D eigenvalue weighted by Crippen LogP contribution is -2.03. The average molecular weight is 322 g/mol. The first-order valence-electron chi connectivity index (χ1n) is 7.36. The summed E-state index contributed by atoms with van der Waals surface area (Å²) >= 11 is 0. The van der Waals surface area contributed by atoms with Crippen molar-refractivity contribution in [2.24, 2.45) is 0 Å². The second-order valence-corrected chi connectivity index (χ2v) is 5.29. The van der Waals surface area contributed by atoms with Crippen LogP contribution in [0.15, 0.2) is 66.7 Å². The highest BCUT2D eigenvalue weighted by molar-refractivity contribution is 6.13. The standard InChI is InChI=1S/C20H15FO3/c1-24-17-9-4-14(5-10-17)20(23)18-11-8-16(22)12-19(18)13-2-6-15(21)7-3-13/h2-12,22H,1H3. The number of phenolic OH excluding ortho intramolecular Hbond substituents is 1. The predicted octanol–water partition coefficient (Wildman–Crippen LogP) is 4.44. The Morgan fingerprint density at radius 2 is 1.62 bits per heavy atom. The van der Waals surface area contributed by atoms with E-state index in [0.717, 1.165) is 0 Å². The fraction of sp³-hybridized carbons (Fsp3) is 0.0500. The molecule has 0 radical (unpaired) electrons. The van der Waals surface area contributed by atoms with Gasteiger partial charge in [-0.1, -0.05) is 12.1 Å². The van der Waals surface area contributed by atoms with Crippen LogP contribution in [0.4, 0.5) is 4.39 Å².